The summed E-state index contributed by atoms with van der Waals surface area (Å²) >= 11 is 0. The number of carbonyl (C=O) groups is 1. The lowest BCUT2D eigenvalue weighted by atomic mass is 9.88. The SMILES string of the molecule is CNC(=O)CCNCC(c1ccccc1)C(C)C. The molecule has 1 unspecified atom stereocenters. The summed E-state index contributed by atoms with van der Waals surface area (Å²) in [6.07, 6.45) is 0.538. The Morgan fingerprint density at radius 2 is 1.89 bits per heavy atom. The van der Waals surface area contributed by atoms with Crippen molar-refractivity contribution in [1.29, 1.82) is 0 Å². The molecule has 1 rings (SSSR count). The van der Waals surface area contributed by atoms with Crippen LogP contribution in [0, 0.1) is 5.92 Å². The monoisotopic (exact) mass is 248 g/mol. The molecule has 0 fully saturated rings. The fourth-order valence-electron chi connectivity index (χ4n) is 2.02. The summed E-state index contributed by atoms with van der Waals surface area (Å²) in [7, 11) is 1.67. The van der Waals surface area contributed by atoms with Crippen molar-refractivity contribution in [3.05, 3.63) is 35.9 Å². The Hall–Kier alpha value is -1.35. The zero-order chi connectivity index (χ0) is 13.4. The Balaban J connectivity index is 2.43. The highest BCUT2D eigenvalue weighted by Crippen LogP contribution is 2.23. The summed E-state index contributed by atoms with van der Waals surface area (Å²) in [5, 5.41) is 6.00. The van der Waals surface area contributed by atoms with E-state index in [1.165, 1.54) is 5.56 Å². The molecule has 1 aromatic carbocycles. The lowest BCUT2D eigenvalue weighted by Gasteiger charge is -2.21. The van der Waals surface area contributed by atoms with Crippen molar-refractivity contribution in [3.63, 3.8) is 0 Å². The topological polar surface area (TPSA) is 41.1 Å². The highest BCUT2D eigenvalue weighted by atomic mass is 16.1. The maximum absolute atomic E-state index is 11.1. The first-order valence-electron chi connectivity index (χ1n) is 6.61. The quantitative estimate of drug-likeness (QED) is 0.726. The minimum atomic E-state index is 0.0864. The predicted octanol–water partition coefficient (Wildman–Crippen LogP) is 2.15. The van der Waals surface area contributed by atoms with Gasteiger partial charge in [-0.05, 0) is 17.4 Å². The van der Waals surface area contributed by atoms with Gasteiger partial charge in [-0.25, -0.2) is 0 Å². The van der Waals surface area contributed by atoms with E-state index in [1.54, 1.807) is 7.05 Å². The summed E-state index contributed by atoms with van der Waals surface area (Å²) in [6, 6.07) is 10.5. The van der Waals surface area contributed by atoms with Gasteiger partial charge in [0.25, 0.3) is 0 Å². The fourth-order valence-corrected chi connectivity index (χ4v) is 2.02. The third-order valence-electron chi connectivity index (χ3n) is 3.20. The van der Waals surface area contributed by atoms with E-state index >= 15 is 0 Å². The molecule has 3 nitrogen and oxygen atoms in total. The van der Waals surface area contributed by atoms with Gasteiger partial charge in [-0.15, -0.1) is 0 Å². The van der Waals surface area contributed by atoms with Gasteiger partial charge < -0.3 is 10.6 Å². The van der Waals surface area contributed by atoms with E-state index in [1.807, 2.05) is 6.07 Å². The zero-order valence-electron chi connectivity index (χ0n) is 11.6. The Morgan fingerprint density at radius 3 is 2.44 bits per heavy atom. The fraction of sp³-hybridized carbons (Fsp3) is 0.533. The van der Waals surface area contributed by atoms with E-state index in [2.05, 4.69) is 48.7 Å². The van der Waals surface area contributed by atoms with Crippen LogP contribution in [-0.4, -0.2) is 26.0 Å². The molecule has 2 N–H and O–H groups in total. The second kappa shape index (κ2) is 7.88. The third kappa shape index (κ3) is 4.88. The number of amides is 1. The minimum absolute atomic E-state index is 0.0864. The molecule has 0 radical (unpaired) electrons. The summed E-state index contributed by atoms with van der Waals surface area (Å²) in [6.45, 7) is 6.12. The van der Waals surface area contributed by atoms with Gasteiger partial charge in [-0.1, -0.05) is 44.2 Å². The van der Waals surface area contributed by atoms with Crippen LogP contribution in [0.25, 0.3) is 0 Å². The Morgan fingerprint density at radius 1 is 1.22 bits per heavy atom. The van der Waals surface area contributed by atoms with Gasteiger partial charge in [0.15, 0.2) is 0 Å². The van der Waals surface area contributed by atoms with Gasteiger partial charge in [-0.2, -0.15) is 0 Å². The molecule has 0 saturated heterocycles. The van der Waals surface area contributed by atoms with Gasteiger partial charge in [-0.3, -0.25) is 4.79 Å². The number of hydrogen-bond acceptors (Lipinski definition) is 2. The zero-order valence-corrected chi connectivity index (χ0v) is 11.6. The molecule has 1 amide bonds. The average molecular weight is 248 g/mol. The van der Waals surface area contributed by atoms with Gasteiger partial charge in [0.1, 0.15) is 0 Å². The first-order chi connectivity index (χ1) is 8.65. The predicted molar refractivity (Wildman–Crippen MR) is 75.6 cm³/mol. The standard InChI is InChI=1S/C15H24N2O/c1-12(2)14(13-7-5-4-6-8-13)11-17-10-9-15(18)16-3/h4-8,12,14,17H,9-11H2,1-3H3,(H,16,18). The molecule has 1 aromatic rings. The number of nitrogens with one attached hydrogen (secondary N) is 2. The molecule has 0 aromatic heterocycles. The number of benzene rings is 1. The minimum Gasteiger partial charge on any atom is -0.359 e. The van der Waals surface area contributed by atoms with Crippen molar-refractivity contribution in [2.75, 3.05) is 20.1 Å². The first-order valence-corrected chi connectivity index (χ1v) is 6.61. The summed E-state index contributed by atoms with van der Waals surface area (Å²) in [5.41, 5.74) is 1.36. The average Bonchev–Trinajstić information content (AvgIpc) is 2.38. The lowest BCUT2D eigenvalue weighted by Crippen LogP contribution is -2.29. The van der Waals surface area contributed by atoms with E-state index in [4.69, 9.17) is 0 Å². The van der Waals surface area contributed by atoms with Crippen LogP contribution >= 0.6 is 0 Å². The van der Waals surface area contributed by atoms with E-state index in [0.29, 0.717) is 18.3 Å². The van der Waals surface area contributed by atoms with Crippen LogP contribution < -0.4 is 10.6 Å². The van der Waals surface area contributed by atoms with Crippen LogP contribution in [0.15, 0.2) is 30.3 Å². The summed E-state index contributed by atoms with van der Waals surface area (Å²) in [5.74, 6) is 1.17. The molecule has 0 bridgehead atoms. The van der Waals surface area contributed by atoms with Crippen molar-refractivity contribution in [2.45, 2.75) is 26.2 Å². The summed E-state index contributed by atoms with van der Waals surface area (Å²) in [4.78, 5) is 11.1. The molecule has 0 spiro atoms. The van der Waals surface area contributed by atoms with Gasteiger partial charge in [0.05, 0.1) is 0 Å². The van der Waals surface area contributed by atoms with Crippen LogP contribution in [0.3, 0.4) is 0 Å². The molecule has 18 heavy (non-hydrogen) atoms. The van der Waals surface area contributed by atoms with Gasteiger partial charge in [0.2, 0.25) is 5.91 Å². The second-order valence-electron chi connectivity index (χ2n) is 4.89. The molecular weight excluding hydrogens is 224 g/mol. The molecule has 0 aliphatic heterocycles. The number of carbonyl (C=O) groups excluding carboxylic acids is 1. The second-order valence-corrected chi connectivity index (χ2v) is 4.89. The lowest BCUT2D eigenvalue weighted by molar-refractivity contribution is -0.120. The third-order valence-corrected chi connectivity index (χ3v) is 3.20. The van der Waals surface area contributed by atoms with Crippen LogP contribution in [0.2, 0.25) is 0 Å². The van der Waals surface area contributed by atoms with Gasteiger partial charge in [0, 0.05) is 26.6 Å². The Bertz CT molecular complexity index is 349. The molecular formula is C15H24N2O. The first kappa shape index (κ1) is 14.7. The molecule has 3 heteroatoms. The molecule has 100 valence electrons. The van der Waals surface area contributed by atoms with Crippen LogP contribution in [0.1, 0.15) is 31.7 Å². The largest absolute Gasteiger partial charge is 0.359 e. The molecule has 0 aliphatic carbocycles. The normalized spacial score (nSPS) is 12.4. The smallest absolute Gasteiger partial charge is 0.221 e. The highest BCUT2D eigenvalue weighted by Gasteiger charge is 2.14. The summed E-state index contributed by atoms with van der Waals surface area (Å²) < 4.78 is 0. The van der Waals surface area contributed by atoms with Crippen molar-refractivity contribution >= 4 is 5.91 Å². The van der Waals surface area contributed by atoms with Crippen molar-refractivity contribution in [2.24, 2.45) is 5.92 Å². The molecule has 0 saturated carbocycles. The maximum atomic E-state index is 11.1. The van der Waals surface area contributed by atoms with Crippen molar-refractivity contribution in [1.82, 2.24) is 10.6 Å². The van der Waals surface area contributed by atoms with Crippen LogP contribution in [-0.2, 0) is 4.79 Å². The van der Waals surface area contributed by atoms with E-state index in [0.717, 1.165) is 13.1 Å². The Labute approximate surface area is 110 Å². The van der Waals surface area contributed by atoms with Crippen molar-refractivity contribution < 1.29 is 4.79 Å². The van der Waals surface area contributed by atoms with Crippen LogP contribution in [0.5, 0.6) is 0 Å². The number of hydrogen-bond donors (Lipinski definition) is 2. The van der Waals surface area contributed by atoms with Crippen molar-refractivity contribution in [3.8, 4) is 0 Å². The van der Waals surface area contributed by atoms with E-state index in [-0.39, 0.29) is 5.91 Å². The molecule has 1 atom stereocenters. The molecule has 0 heterocycles. The van der Waals surface area contributed by atoms with Gasteiger partial charge >= 0.3 is 0 Å². The highest BCUT2D eigenvalue weighted by molar-refractivity contribution is 5.75. The van der Waals surface area contributed by atoms with Crippen LogP contribution in [0.4, 0.5) is 0 Å². The van der Waals surface area contributed by atoms with E-state index in [9.17, 15) is 4.79 Å². The Kier molecular flexibility index (Phi) is 6.44. The molecule has 0 aliphatic rings. The number of rotatable bonds is 7. The van der Waals surface area contributed by atoms with E-state index < -0.39 is 0 Å². The maximum Gasteiger partial charge on any atom is 0.221 e.